The van der Waals surface area contributed by atoms with Crippen molar-refractivity contribution >= 4 is 23.4 Å². The van der Waals surface area contributed by atoms with E-state index >= 15 is 0 Å². The number of nitrogens with zero attached hydrogens (tertiary/aromatic N) is 2. The Morgan fingerprint density at radius 1 is 1.33 bits per heavy atom. The van der Waals surface area contributed by atoms with Crippen molar-refractivity contribution < 1.29 is 14.7 Å². The molecule has 0 spiro atoms. The van der Waals surface area contributed by atoms with Crippen LogP contribution in [0.3, 0.4) is 0 Å². The molecule has 6 heteroatoms. The number of likely N-dealkylation sites (tertiary alicyclic amines) is 1. The summed E-state index contributed by atoms with van der Waals surface area (Å²) in [5, 5.41) is 9.82. The maximum Gasteiger partial charge on any atom is 0.227 e. The largest absolute Gasteiger partial charge is 0.395 e. The molecular formula is C18H25ClN2O3. The fraction of sp³-hybridized carbons (Fsp3) is 0.556. The van der Waals surface area contributed by atoms with Crippen molar-refractivity contribution in [1.82, 2.24) is 9.80 Å². The van der Waals surface area contributed by atoms with Gasteiger partial charge in [0.05, 0.1) is 12.5 Å². The molecule has 1 fully saturated rings. The van der Waals surface area contributed by atoms with E-state index in [-0.39, 0.29) is 24.3 Å². The number of halogens is 1. The molecule has 1 saturated heterocycles. The highest BCUT2D eigenvalue weighted by atomic mass is 35.5. The number of hydrogen-bond donors (Lipinski definition) is 1. The highest BCUT2D eigenvalue weighted by Crippen LogP contribution is 2.22. The SMILES string of the molecule is CCCN(CCO)C(=O)[C@@H]1CCC(=O)N(Cc2ccc(Cl)cc2)C1. The molecule has 1 aliphatic rings. The number of hydrogen-bond acceptors (Lipinski definition) is 3. The molecule has 0 aliphatic carbocycles. The minimum Gasteiger partial charge on any atom is -0.395 e. The Morgan fingerprint density at radius 2 is 2.04 bits per heavy atom. The van der Waals surface area contributed by atoms with E-state index in [0.717, 1.165) is 12.0 Å². The summed E-state index contributed by atoms with van der Waals surface area (Å²) >= 11 is 5.89. The summed E-state index contributed by atoms with van der Waals surface area (Å²) in [6, 6.07) is 7.41. The Kier molecular flexibility index (Phi) is 7.06. The zero-order valence-electron chi connectivity index (χ0n) is 14.1. The molecule has 132 valence electrons. The maximum atomic E-state index is 12.7. The van der Waals surface area contributed by atoms with Crippen molar-refractivity contribution in [2.75, 3.05) is 26.2 Å². The molecule has 24 heavy (non-hydrogen) atoms. The number of carbonyl (C=O) groups excluding carboxylic acids is 2. The zero-order chi connectivity index (χ0) is 17.5. The summed E-state index contributed by atoms with van der Waals surface area (Å²) in [4.78, 5) is 28.3. The van der Waals surface area contributed by atoms with Gasteiger partial charge in [0.15, 0.2) is 0 Å². The van der Waals surface area contributed by atoms with Gasteiger partial charge in [0.1, 0.15) is 0 Å². The van der Waals surface area contributed by atoms with Gasteiger partial charge in [-0.15, -0.1) is 0 Å². The van der Waals surface area contributed by atoms with Crippen molar-refractivity contribution in [3.8, 4) is 0 Å². The third-order valence-corrected chi connectivity index (χ3v) is 4.56. The first-order valence-corrected chi connectivity index (χ1v) is 8.84. The molecule has 1 heterocycles. The van der Waals surface area contributed by atoms with Crippen LogP contribution in [0.5, 0.6) is 0 Å². The lowest BCUT2D eigenvalue weighted by molar-refractivity contribution is -0.143. The van der Waals surface area contributed by atoms with Crippen LogP contribution in [0.15, 0.2) is 24.3 Å². The molecule has 1 N–H and O–H groups in total. The molecule has 1 aliphatic heterocycles. The summed E-state index contributed by atoms with van der Waals surface area (Å²) in [6.07, 6.45) is 1.83. The average Bonchev–Trinajstić information content (AvgIpc) is 2.58. The Labute approximate surface area is 148 Å². The summed E-state index contributed by atoms with van der Waals surface area (Å²) in [6.45, 7) is 3.90. The first-order valence-electron chi connectivity index (χ1n) is 8.47. The first-order chi connectivity index (χ1) is 11.5. The summed E-state index contributed by atoms with van der Waals surface area (Å²) in [5.74, 6) is -0.0641. The number of carbonyl (C=O) groups is 2. The van der Waals surface area contributed by atoms with Crippen LogP contribution in [-0.2, 0) is 16.1 Å². The van der Waals surface area contributed by atoms with E-state index in [0.29, 0.717) is 44.0 Å². The van der Waals surface area contributed by atoms with Crippen LogP contribution >= 0.6 is 11.6 Å². The lowest BCUT2D eigenvalue weighted by atomic mass is 9.95. The van der Waals surface area contributed by atoms with Gasteiger partial charge >= 0.3 is 0 Å². The van der Waals surface area contributed by atoms with Crippen LogP contribution < -0.4 is 0 Å². The lowest BCUT2D eigenvalue weighted by Gasteiger charge is -2.34. The quantitative estimate of drug-likeness (QED) is 0.819. The van der Waals surface area contributed by atoms with Crippen LogP contribution in [0.4, 0.5) is 0 Å². The topological polar surface area (TPSA) is 60.9 Å². The molecule has 1 aromatic rings. The molecule has 0 unspecified atom stereocenters. The van der Waals surface area contributed by atoms with Crippen LogP contribution in [0.1, 0.15) is 31.7 Å². The Bertz CT molecular complexity index is 556. The Balaban J connectivity index is 2.02. The number of aliphatic hydroxyl groups excluding tert-OH is 1. The van der Waals surface area contributed by atoms with Crippen LogP contribution in [-0.4, -0.2) is 53.0 Å². The van der Waals surface area contributed by atoms with Crippen LogP contribution in [0.2, 0.25) is 5.02 Å². The van der Waals surface area contributed by atoms with Gasteiger partial charge < -0.3 is 14.9 Å². The third-order valence-electron chi connectivity index (χ3n) is 4.31. The van der Waals surface area contributed by atoms with Gasteiger partial charge in [0.2, 0.25) is 11.8 Å². The standard InChI is InChI=1S/C18H25ClN2O3/c1-2-9-20(10-11-22)18(24)15-5-8-17(23)21(13-15)12-14-3-6-16(19)7-4-14/h3-4,6-7,15,22H,2,5,8-13H2,1H3/t15-/m1/s1. The van der Waals surface area contributed by atoms with Gasteiger partial charge in [-0.1, -0.05) is 30.7 Å². The number of piperidine rings is 1. The first kappa shape index (κ1) is 18.7. The van der Waals surface area contributed by atoms with Gasteiger partial charge in [-0.05, 0) is 30.5 Å². The number of aliphatic hydroxyl groups is 1. The van der Waals surface area contributed by atoms with Crippen LogP contribution in [0, 0.1) is 5.92 Å². The van der Waals surface area contributed by atoms with Gasteiger partial charge in [0.25, 0.3) is 0 Å². The van der Waals surface area contributed by atoms with E-state index in [1.54, 1.807) is 21.9 Å². The molecule has 0 bridgehead atoms. The smallest absolute Gasteiger partial charge is 0.227 e. The Morgan fingerprint density at radius 3 is 2.67 bits per heavy atom. The second-order valence-electron chi connectivity index (χ2n) is 6.19. The predicted octanol–water partition coefficient (Wildman–Crippen LogP) is 2.31. The van der Waals surface area contributed by atoms with Crippen molar-refractivity contribution in [3.63, 3.8) is 0 Å². The monoisotopic (exact) mass is 352 g/mol. The van der Waals surface area contributed by atoms with Gasteiger partial charge in [-0.3, -0.25) is 9.59 Å². The summed E-state index contributed by atoms with van der Waals surface area (Å²) in [7, 11) is 0. The van der Waals surface area contributed by atoms with E-state index in [4.69, 9.17) is 16.7 Å². The second-order valence-corrected chi connectivity index (χ2v) is 6.62. The molecule has 2 rings (SSSR count). The second kappa shape index (κ2) is 9.04. The number of rotatable bonds is 7. The lowest BCUT2D eigenvalue weighted by Crippen LogP contribution is -2.47. The third kappa shape index (κ3) is 4.95. The van der Waals surface area contributed by atoms with E-state index in [1.807, 2.05) is 19.1 Å². The normalized spacial score (nSPS) is 17.9. The van der Waals surface area contributed by atoms with Crippen molar-refractivity contribution in [2.45, 2.75) is 32.7 Å². The van der Waals surface area contributed by atoms with E-state index in [1.165, 1.54) is 0 Å². The zero-order valence-corrected chi connectivity index (χ0v) is 14.8. The fourth-order valence-corrected chi connectivity index (χ4v) is 3.19. The molecule has 1 atom stereocenters. The predicted molar refractivity (Wildman–Crippen MR) is 93.5 cm³/mol. The summed E-state index contributed by atoms with van der Waals surface area (Å²) in [5.41, 5.74) is 1.00. The minimum atomic E-state index is -0.187. The van der Waals surface area contributed by atoms with Crippen LogP contribution in [0.25, 0.3) is 0 Å². The van der Waals surface area contributed by atoms with Crippen molar-refractivity contribution in [3.05, 3.63) is 34.9 Å². The number of amides is 2. The molecule has 0 radical (unpaired) electrons. The number of benzene rings is 1. The van der Waals surface area contributed by atoms with E-state index < -0.39 is 0 Å². The van der Waals surface area contributed by atoms with Gasteiger partial charge in [-0.2, -0.15) is 0 Å². The highest BCUT2D eigenvalue weighted by Gasteiger charge is 2.32. The molecule has 5 nitrogen and oxygen atoms in total. The minimum absolute atomic E-state index is 0.0358. The van der Waals surface area contributed by atoms with Crippen molar-refractivity contribution in [2.24, 2.45) is 5.92 Å². The highest BCUT2D eigenvalue weighted by molar-refractivity contribution is 6.30. The summed E-state index contributed by atoms with van der Waals surface area (Å²) < 4.78 is 0. The molecule has 2 amide bonds. The van der Waals surface area contributed by atoms with E-state index in [2.05, 4.69) is 0 Å². The fourth-order valence-electron chi connectivity index (χ4n) is 3.06. The Hall–Kier alpha value is -1.59. The van der Waals surface area contributed by atoms with Gasteiger partial charge in [-0.25, -0.2) is 0 Å². The van der Waals surface area contributed by atoms with Gasteiger partial charge in [0, 0.05) is 37.6 Å². The molecule has 0 saturated carbocycles. The van der Waals surface area contributed by atoms with E-state index in [9.17, 15) is 9.59 Å². The molecule has 0 aromatic heterocycles. The average molecular weight is 353 g/mol. The molecule has 1 aromatic carbocycles. The van der Waals surface area contributed by atoms with Crippen molar-refractivity contribution in [1.29, 1.82) is 0 Å². The molecular weight excluding hydrogens is 328 g/mol. The maximum absolute atomic E-state index is 12.7.